The molecule has 4 aromatic rings. The second kappa shape index (κ2) is 7.17. The zero-order valence-electron chi connectivity index (χ0n) is 17.1. The van der Waals surface area contributed by atoms with E-state index in [2.05, 4.69) is 91.0 Å². The lowest BCUT2D eigenvalue weighted by molar-refractivity contribution is -0.0435. The molecule has 2 aliphatic heterocycles. The van der Waals surface area contributed by atoms with Crippen LogP contribution in [0.3, 0.4) is 0 Å². The number of aryl methyl sites for hydroxylation is 1. The molecule has 0 saturated carbocycles. The summed E-state index contributed by atoms with van der Waals surface area (Å²) in [5.41, 5.74) is 4.64. The lowest BCUT2D eigenvalue weighted by atomic mass is 9.89. The molecule has 0 aliphatic carbocycles. The van der Waals surface area contributed by atoms with Gasteiger partial charge in [-0.3, -0.25) is 0 Å². The van der Waals surface area contributed by atoms with Gasteiger partial charge >= 0.3 is 0 Å². The number of fused-ring (bicyclic) bond motifs is 4. The molecule has 2 heteroatoms. The summed E-state index contributed by atoms with van der Waals surface area (Å²) in [7, 11) is 0. The third kappa shape index (κ3) is 3.12. The van der Waals surface area contributed by atoms with Crippen molar-refractivity contribution in [2.45, 2.75) is 18.6 Å². The second-order valence-corrected chi connectivity index (χ2v) is 8.10. The van der Waals surface area contributed by atoms with E-state index in [9.17, 15) is 0 Å². The van der Waals surface area contributed by atoms with Crippen LogP contribution < -0.4 is 9.47 Å². The summed E-state index contributed by atoms with van der Waals surface area (Å²) in [5, 5.41) is 2.41. The van der Waals surface area contributed by atoms with Gasteiger partial charge in [0.1, 0.15) is 11.5 Å². The topological polar surface area (TPSA) is 18.5 Å². The van der Waals surface area contributed by atoms with Gasteiger partial charge in [-0.05, 0) is 53.5 Å². The molecular weight excluding hydrogens is 380 g/mol. The Bertz CT molecular complexity index is 1330. The van der Waals surface area contributed by atoms with Crippen molar-refractivity contribution in [1.29, 1.82) is 0 Å². The highest BCUT2D eigenvalue weighted by Crippen LogP contribution is 2.45. The van der Waals surface area contributed by atoms with E-state index in [0.717, 1.165) is 41.0 Å². The number of rotatable bonds is 3. The molecule has 0 fully saturated rings. The van der Waals surface area contributed by atoms with Crippen molar-refractivity contribution in [3.05, 3.63) is 119 Å². The van der Waals surface area contributed by atoms with Crippen LogP contribution in [0.2, 0.25) is 0 Å². The van der Waals surface area contributed by atoms with Crippen LogP contribution >= 0.6 is 0 Å². The fraction of sp³-hybridized carbons (Fsp3) is 0.103. The van der Waals surface area contributed by atoms with Crippen molar-refractivity contribution in [3.8, 4) is 11.5 Å². The van der Waals surface area contributed by atoms with E-state index in [1.54, 1.807) is 0 Å². The minimum atomic E-state index is -0.918. The predicted octanol–water partition coefficient (Wildman–Crippen LogP) is 7.05. The molecule has 0 N–H and O–H groups in total. The summed E-state index contributed by atoms with van der Waals surface area (Å²) in [5.74, 6) is 0.782. The molecule has 6 rings (SSSR count). The Morgan fingerprint density at radius 1 is 0.645 bits per heavy atom. The first-order chi connectivity index (χ1) is 15.3. The third-order valence-corrected chi connectivity index (χ3v) is 6.15. The molecule has 1 spiro atoms. The van der Waals surface area contributed by atoms with Crippen LogP contribution in [0.1, 0.15) is 23.1 Å². The summed E-state index contributed by atoms with van der Waals surface area (Å²) in [6.07, 6.45) is 8.23. The normalized spacial score (nSPS) is 18.6. The molecule has 0 saturated heterocycles. The van der Waals surface area contributed by atoms with E-state index in [0.29, 0.717) is 0 Å². The van der Waals surface area contributed by atoms with Crippen LogP contribution in [0.5, 0.6) is 11.5 Å². The fourth-order valence-electron chi connectivity index (χ4n) is 4.52. The molecule has 0 aromatic heterocycles. The number of hydrogen-bond acceptors (Lipinski definition) is 2. The lowest BCUT2D eigenvalue weighted by Gasteiger charge is -2.40. The van der Waals surface area contributed by atoms with Crippen LogP contribution in [-0.2, 0) is 6.42 Å². The van der Waals surface area contributed by atoms with Gasteiger partial charge in [-0.15, -0.1) is 0 Å². The third-order valence-electron chi connectivity index (χ3n) is 6.15. The predicted molar refractivity (Wildman–Crippen MR) is 126 cm³/mol. The average molecular weight is 402 g/mol. The summed E-state index contributed by atoms with van der Waals surface area (Å²) in [6, 6.07) is 31.3. The number of para-hydroxylation sites is 1. The zero-order valence-corrected chi connectivity index (χ0v) is 17.1. The number of benzene rings is 4. The van der Waals surface area contributed by atoms with E-state index in [4.69, 9.17) is 9.47 Å². The maximum Gasteiger partial charge on any atom is 0.294 e. The van der Waals surface area contributed by atoms with E-state index >= 15 is 0 Å². The smallest absolute Gasteiger partial charge is 0.294 e. The Hall–Kier alpha value is -3.78. The van der Waals surface area contributed by atoms with Gasteiger partial charge in [0.05, 0.1) is 0 Å². The average Bonchev–Trinajstić information content (AvgIpc) is 2.83. The van der Waals surface area contributed by atoms with Crippen molar-refractivity contribution in [2.75, 3.05) is 0 Å². The van der Waals surface area contributed by atoms with Gasteiger partial charge in [0, 0.05) is 22.8 Å². The SMILES string of the molecule is C1=CC2(Oc3ccccc31)Oc1ccc3ccccc3c1C=C2CCc1ccccc1. The molecule has 1 unspecified atom stereocenters. The molecular formula is C29H22O2. The van der Waals surface area contributed by atoms with Crippen molar-refractivity contribution in [1.82, 2.24) is 0 Å². The minimum Gasteiger partial charge on any atom is -0.444 e. The molecule has 150 valence electrons. The Morgan fingerprint density at radius 2 is 1.42 bits per heavy atom. The lowest BCUT2D eigenvalue weighted by Crippen LogP contribution is -2.45. The molecule has 31 heavy (non-hydrogen) atoms. The molecule has 0 amide bonds. The highest BCUT2D eigenvalue weighted by atomic mass is 16.7. The highest BCUT2D eigenvalue weighted by molar-refractivity contribution is 5.94. The first-order valence-electron chi connectivity index (χ1n) is 10.7. The van der Waals surface area contributed by atoms with Gasteiger partial charge in [-0.1, -0.05) is 78.9 Å². The molecule has 2 nitrogen and oxygen atoms in total. The van der Waals surface area contributed by atoms with E-state index in [1.165, 1.54) is 16.3 Å². The van der Waals surface area contributed by atoms with Gasteiger partial charge in [0.2, 0.25) is 0 Å². The maximum absolute atomic E-state index is 6.65. The summed E-state index contributed by atoms with van der Waals surface area (Å²) >= 11 is 0. The first kappa shape index (κ1) is 18.0. The maximum atomic E-state index is 6.65. The standard InChI is InChI=1S/C29H22O2/c1-2-8-21(9-3-1)14-16-24-20-26-25-12-6-4-10-22(25)15-17-28(26)31-29(24)19-18-23-11-5-7-13-27(23)30-29/h1-13,15,17-20H,14,16H2. The Balaban J connectivity index is 1.47. The van der Waals surface area contributed by atoms with Crippen LogP contribution in [-0.4, -0.2) is 5.79 Å². The summed E-state index contributed by atoms with van der Waals surface area (Å²) in [4.78, 5) is 0. The zero-order chi connectivity index (χ0) is 20.7. The van der Waals surface area contributed by atoms with E-state index < -0.39 is 5.79 Å². The Morgan fingerprint density at radius 3 is 2.35 bits per heavy atom. The minimum absolute atomic E-state index is 0.846. The second-order valence-electron chi connectivity index (χ2n) is 8.10. The van der Waals surface area contributed by atoms with E-state index in [-0.39, 0.29) is 0 Å². The monoisotopic (exact) mass is 402 g/mol. The van der Waals surface area contributed by atoms with Crippen LogP contribution in [0.25, 0.3) is 22.9 Å². The number of hydrogen-bond donors (Lipinski definition) is 0. The molecule has 1 atom stereocenters. The quantitative estimate of drug-likeness (QED) is 0.365. The molecule has 4 aromatic carbocycles. The Labute approximate surface area is 182 Å². The van der Waals surface area contributed by atoms with Gasteiger partial charge in [0.15, 0.2) is 0 Å². The van der Waals surface area contributed by atoms with Crippen molar-refractivity contribution >= 4 is 22.9 Å². The molecule has 0 bridgehead atoms. The first-order valence-corrected chi connectivity index (χ1v) is 10.7. The van der Waals surface area contributed by atoms with Crippen LogP contribution in [0.15, 0.2) is 103 Å². The molecule has 2 aliphatic rings. The summed E-state index contributed by atoms with van der Waals surface area (Å²) in [6.45, 7) is 0. The van der Waals surface area contributed by atoms with Crippen molar-refractivity contribution in [2.24, 2.45) is 0 Å². The van der Waals surface area contributed by atoms with Crippen LogP contribution in [0, 0.1) is 0 Å². The van der Waals surface area contributed by atoms with E-state index in [1.807, 2.05) is 18.2 Å². The van der Waals surface area contributed by atoms with Gasteiger partial charge < -0.3 is 9.47 Å². The fourth-order valence-corrected chi connectivity index (χ4v) is 4.52. The highest BCUT2D eigenvalue weighted by Gasteiger charge is 2.42. The summed E-state index contributed by atoms with van der Waals surface area (Å²) < 4.78 is 13.2. The van der Waals surface area contributed by atoms with Crippen molar-refractivity contribution < 1.29 is 9.47 Å². The largest absolute Gasteiger partial charge is 0.444 e. The van der Waals surface area contributed by atoms with Crippen LogP contribution in [0.4, 0.5) is 0 Å². The van der Waals surface area contributed by atoms with Gasteiger partial charge in [-0.2, -0.15) is 0 Å². The Kier molecular flexibility index (Phi) is 4.17. The van der Waals surface area contributed by atoms with Crippen molar-refractivity contribution in [3.63, 3.8) is 0 Å². The van der Waals surface area contributed by atoms with Gasteiger partial charge in [0.25, 0.3) is 5.79 Å². The van der Waals surface area contributed by atoms with Gasteiger partial charge in [-0.25, -0.2) is 0 Å². The molecule has 2 heterocycles. The molecule has 0 radical (unpaired) electrons. The number of ether oxygens (including phenoxy) is 2.